The molecule has 1 N–H and O–H groups in total. The molecule has 2 aromatic rings. The van der Waals surface area contributed by atoms with Gasteiger partial charge in [0, 0.05) is 0 Å². The fourth-order valence-corrected chi connectivity index (χ4v) is 3.71. The number of hydrogen-bond donors (Lipinski definition) is 1. The summed E-state index contributed by atoms with van der Waals surface area (Å²) in [5.41, 5.74) is 0.761. The smallest absolute Gasteiger partial charge is 0.323 e. The van der Waals surface area contributed by atoms with Gasteiger partial charge in [-0.2, -0.15) is 0 Å². The molecule has 6 nitrogen and oxygen atoms in total. The predicted octanol–water partition coefficient (Wildman–Crippen LogP) is 3.43. The Morgan fingerprint density at radius 2 is 1.75 bits per heavy atom. The number of hydrogen-bond acceptors (Lipinski definition) is 6. The lowest BCUT2D eigenvalue weighted by Crippen LogP contribution is -2.33. The van der Waals surface area contributed by atoms with Crippen molar-refractivity contribution in [1.29, 1.82) is 0 Å². The second-order valence-electron chi connectivity index (χ2n) is 5.74. The van der Waals surface area contributed by atoms with Gasteiger partial charge < -0.3 is 14.6 Å². The largest absolute Gasteiger partial charge is 0.490 e. The summed E-state index contributed by atoms with van der Waals surface area (Å²) in [7, 11) is 0. The van der Waals surface area contributed by atoms with Gasteiger partial charge in [-0.25, -0.2) is 0 Å². The molecule has 0 saturated carbocycles. The Kier molecular flexibility index (Phi) is 6.67. The minimum atomic E-state index is -1.11. The van der Waals surface area contributed by atoms with Gasteiger partial charge >= 0.3 is 5.97 Å². The number of thiocarbonyl (C=S) groups is 1. The van der Waals surface area contributed by atoms with E-state index in [1.165, 1.54) is 0 Å². The highest BCUT2D eigenvalue weighted by Crippen LogP contribution is 2.32. The molecule has 0 aliphatic carbocycles. The average molecular weight is 415 g/mol. The summed E-state index contributed by atoms with van der Waals surface area (Å²) in [6.07, 6.45) is 1.68. The van der Waals surface area contributed by atoms with E-state index in [-0.39, 0.29) is 4.32 Å². The van der Waals surface area contributed by atoms with Gasteiger partial charge in [-0.05, 0) is 35.9 Å². The van der Waals surface area contributed by atoms with Crippen LogP contribution >= 0.6 is 24.0 Å². The van der Waals surface area contributed by atoms with Crippen molar-refractivity contribution in [2.75, 3.05) is 19.8 Å². The van der Waals surface area contributed by atoms with Crippen molar-refractivity contribution in [3.05, 3.63) is 65.1 Å². The van der Waals surface area contributed by atoms with Crippen LogP contribution in [0.15, 0.2) is 59.5 Å². The van der Waals surface area contributed by atoms with Gasteiger partial charge in [0.1, 0.15) is 35.6 Å². The number of carbonyl (C=O) groups excluding carboxylic acids is 1. The molecule has 28 heavy (non-hydrogen) atoms. The molecule has 0 bridgehead atoms. The van der Waals surface area contributed by atoms with Crippen molar-refractivity contribution in [2.24, 2.45) is 0 Å². The van der Waals surface area contributed by atoms with Crippen LogP contribution in [0.3, 0.4) is 0 Å². The Hall–Kier alpha value is -2.84. The number of aliphatic carboxylic acids is 1. The third kappa shape index (κ3) is 5.34. The van der Waals surface area contributed by atoms with Gasteiger partial charge in [0.25, 0.3) is 5.91 Å². The highest BCUT2D eigenvalue weighted by atomic mass is 32.2. The topological polar surface area (TPSA) is 76.1 Å². The van der Waals surface area contributed by atoms with Crippen LogP contribution < -0.4 is 9.47 Å². The minimum absolute atomic E-state index is 0.240. The molecule has 0 unspecified atom stereocenters. The SMILES string of the molecule is O=C(O)CN1C(=O)/C(=C/c2cccc(OCCOc3ccccc3)c2)SC1=S. The lowest BCUT2D eigenvalue weighted by Gasteiger charge is -2.10. The normalized spacial score (nSPS) is 15.1. The molecule has 3 rings (SSSR count). The van der Waals surface area contributed by atoms with Crippen LogP contribution in [0.2, 0.25) is 0 Å². The quantitative estimate of drug-likeness (QED) is 0.402. The van der Waals surface area contributed by atoms with Crippen LogP contribution in [-0.4, -0.2) is 46.0 Å². The summed E-state index contributed by atoms with van der Waals surface area (Å²) < 4.78 is 11.5. The Morgan fingerprint density at radius 3 is 2.46 bits per heavy atom. The average Bonchev–Trinajstić information content (AvgIpc) is 2.93. The van der Waals surface area contributed by atoms with E-state index in [0.29, 0.717) is 23.9 Å². The second kappa shape index (κ2) is 9.38. The highest BCUT2D eigenvalue weighted by Gasteiger charge is 2.33. The molecule has 0 aromatic heterocycles. The van der Waals surface area contributed by atoms with Gasteiger partial charge in [-0.1, -0.05) is 54.3 Å². The fraction of sp³-hybridized carbons (Fsp3) is 0.150. The maximum Gasteiger partial charge on any atom is 0.323 e. The molecule has 1 amide bonds. The van der Waals surface area contributed by atoms with Crippen LogP contribution in [0.25, 0.3) is 6.08 Å². The van der Waals surface area contributed by atoms with Gasteiger partial charge in [0.15, 0.2) is 0 Å². The van der Waals surface area contributed by atoms with E-state index < -0.39 is 18.4 Å². The zero-order chi connectivity index (χ0) is 19.9. The first-order valence-electron chi connectivity index (χ1n) is 8.41. The number of amides is 1. The third-order valence-corrected chi connectivity index (χ3v) is 5.06. The number of rotatable bonds is 8. The molecule has 0 atom stereocenters. The lowest BCUT2D eigenvalue weighted by atomic mass is 10.2. The van der Waals surface area contributed by atoms with Gasteiger partial charge in [0.05, 0.1) is 4.91 Å². The molecule has 1 aliphatic rings. The molecule has 8 heteroatoms. The van der Waals surface area contributed by atoms with E-state index in [9.17, 15) is 9.59 Å². The van der Waals surface area contributed by atoms with Crippen LogP contribution in [0, 0.1) is 0 Å². The molecular formula is C20H17NO5S2. The summed E-state index contributed by atoms with van der Waals surface area (Å²) >= 11 is 6.18. The van der Waals surface area contributed by atoms with Crippen molar-refractivity contribution in [3.8, 4) is 11.5 Å². The van der Waals surface area contributed by atoms with Gasteiger partial charge in [-0.3, -0.25) is 14.5 Å². The first-order chi connectivity index (χ1) is 13.5. The molecule has 144 valence electrons. The van der Waals surface area contributed by atoms with E-state index in [1.807, 2.05) is 48.5 Å². The van der Waals surface area contributed by atoms with Crippen LogP contribution in [0.4, 0.5) is 0 Å². The molecular weight excluding hydrogens is 398 g/mol. The van der Waals surface area contributed by atoms with Crippen molar-refractivity contribution in [1.82, 2.24) is 4.90 Å². The van der Waals surface area contributed by atoms with Gasteiger partial charge in [0.2, 0.25) is 0 Å². The minimum Gasteiger partial charge on any atom is -0.490 e. The summed E-state index contributed by atoms with van der Waals surface area (Å²) in [6, 6.07) is 16.7. The number of para-hydroxylation sites is 1. The summed E-state index contributed by atoms with van der Waals surface area (Å²) in [4.78, 5) is 24.7. The van der Waals surface area contributed by atoms with Crippen molar-refractivity contribution in [3.63, 3.8) is 0 Å². The molecule has 1 heterocycles. The molecule has 0 radical (unpaired) electrons. The second-order valence-corrected chi connectivity index (χ2v) is 7.42. The van der Waals surface area contributed by atoms with Crippen LogP contribution in [-0.2, 0) is 9.59 Å². The predicted molar refractivity (Wildman–Crippen MR) is 111 cm³/mol. The monoisotopic (exact) mass is 415 g/mol. The standard InChI is InChI=1S/C20H17NO5S2/c22-18(23)13-21-19(24)17(28-20(21)27)12-14-5-4-8-16(11-14)26-10-9-25-15-6-2-1-3-7-15/h1-8,11-12H,9-10,13H2,(H,22,23)/b17-12-. The van der Waals surface area contributed by atoms with Crippen LogP contribution in [0.1, 0.15) is 5.56 Å². The summed E-state index contributed by atoms with van der Waals surface area (Å²) in [6.45, 7) is 0.341. The first-order valence-corrected chi connectivity index (χ1v) is 9.63. The molecule has 1 fully saturated rings. The van der Waals surface area contributed by atoms with E-state index >= 15 is 0 Å². The molecule has 1 aliphatic heterocycles. The molecule has 2 aromatic carbocycles. The maximum atomic E-state index is 12.3. The van der Waals surface area contributed by atoms with E-state index in [1.54, 1.807) is 12.1 Å². The van der Waals surface area contributed by atoms with Crippen LogP contribution in [0.5, 0.6) is 11.5 Å². The molecule has 0 spiro atoms. The number of thioether (sulfide) groups is 1. The van der Waals surface area contributed by atoms with Crippen molar-refractivity contribution >= 4 is 46.3 Å². The number of ether oxygens (including phenoxy) is 2. The zero-order valence-corrected chi connectivity index (χ0v) is 16.4. The van der Waals surface area contributed by atoms with E-state index in [0.717, 1.165) is 28.0 Å². The highest BCUT2D eigenvalue weighted by molar-refractivity contribution is 8.26. The summed E-state index contributed by atoms with van der Waals surface area (Å²) in [5, 5.41) is 8.89. The van der Waals surface area contributed by atoms with Gasteiger partial charge in [-0.15, -0.1) is 0 Å². The summed E-state index contributed by atoms with van der Waals surface area (Å²) in [5.74, 6) is -0.0830. The lowest BCUT2D eigenvalue weighted by molar-refractivity contribution is -0.140. The Labute approximate surface area is 171 Å². The van der Waals surface area contributed by atoms with E-state index in [4.69, 9.17) is 26.8 Å². The number of carbonyl (C=O) groups is 2. The number of carboxylic acids is 1. The Morgan fingerprint density at radius 1 is 1.07 bits per heavy atom. The molecule has 1 saturated heterocycles. The number of carboxylic acid groups (broad SMARTS) is 1. The van der Waals surface area contributed by atoms with E-state index in [2.05, 4.69) is 0 Å². The number of benzene rings is 2. The van der Waals surface area contributed by atoms with Crippen molar-refractivity contribution in [2.45, 2.75) is 0 Å². The third-order valence-electron chi connectivity index (χ3n) is 3.69. The number of nitrogens with zero attached hydrogens (tertiary/aromatic N) is 1. The first kappa shape index (κ1) is 19.9. The Balaban J connectivity index is 1.58. The Bertz CT molecular complexity index is 914. The zero-order valence-electron chi connectivity index (χ0n) is 14.7. The fourth-order valence-electron chi connectivity index (χ4n) is 2.45. The van der Waals surface area contributed by atoms with Crippen molar-refractivity contribution < 1.29 is 24.2 Å². The maximum absolute atomic E-state index is 12.3.